The van der Waals surface area contributed by atoms with Crippen LogP contribution in [0.5, 0.6) is 0 Å². The molecule has 2 heteroatoms. The first-order valence-corrected chi connectivity index (χ1v) is 9.27. The molecule has 122 valence electrons. The number of hydrogen-bond donors (Lipinski definition) is 1. The first kappa shape index (κ1) is 14.9. The van der Waals surface area contributed by atoms with Crippen molar-refractivity contribution in [1.29, 1.82) is 0 Å². The number of carbonyl (C=O) groups excluding carboxylic acids is 1. The van der Waals surface area contributed by atoms with E-state index in [1.165, 1.54) is 37.7 Å². The molecule has 0 saturated heterocycles. The number of fused-ring (bicyclic) bond motifs is 5. The van der Waals surface area contributed by atoms with Gasteiger partial charge >= 0.3 is 0 Å². The first-order valence-electron chi connectivity index (χ1n) is 9.27. The van der Waals surface area contributed by atoms with Crippen LogP contribution in [0.25, 0.3) is 0 Å². The van der Waals surface area contributed by atoms with E-state index < -0.39 is 0 Å². The summed E-state index contributed by atoms with van der Waals surface area (Å²) in [5, 5.41) is 10.5. The van der Waals surface area contributed by atoms with Gasteiger partial charge in [0.1, 0.15) is 0 Å². The predicted octanol–water partition coefficient (Wildman–Crippen LogP) is 4.13. The minimum atomic E-state index is -0.0893. The van der Waals surface area contributed by atoms with Gasteiger partial charge in [0.15, 0.2) is 5.78 Å². The van der Waals surface area contributed by atoms with E-state index in [4.69, 9.17) is 0 Å². The van der Waals surface area contributed by atoms with Crippen LogP contribution in [-0.4, -0.2) is 17.0 Å². The zero-order chi connectivity index (χ0) is 15.7. The first-order chi connectivity index (χ1) is 10.4. The molecule has 7 unspecified atom stereocenters. The van der Waals surface area contributed by atoms with Crippen molar-refractivity contribution in [3.05, 3.63) is 11.6 Å². The molecular formula is C20H30O2. The van der Waals surface area contributed by atoms with Crippen LogP contribution in [0.3, 0.4) is 0 Å². The quantitative estimate of drug-likeness (QED) is 0.730. The lowest BCUT2D eigenvalue weighted by Crippen LogP contribution is -2.54. The molecule has 0 heterocycles. The molecule has 4 rings (SSSR count). The molecule has 0 spiro atoms. The molecule has 0 aliphatic heterocycles. The van der Waals surface area contributed by atoms with Gasteiger partial charge in [-0.15, -0.1) is 0 Å². The number of aliphatic hydroxyl groups excluding tert-OH is 1. The van der Waals surface area contributed by atoms with Crippen LogP contribution in [0.2, 0.25) is 0 Å². The standard InChI is InChI=1S/C20H30O2/c1-12-10-14(21)11-13-4-5-15-16-6-7-18(22)19(16,2)9-8-17(15)20(12,13)3/h10,13,15-18,22H,4-9,11H2,1-3H3. The van der Waals surface area contributed by atoms with Crippen molar-refractivity contribution in [3.8, 4) is 0 Å². The molecule has 22 heavy (non-hydrogen) atoms. The highest BCUT2D eigenvalue weighted by Gasteiger charge is 2.60. The average molecular weight is 302 g/mol. The van der Waals surface area contributed by atoms with Gasteiger partial charge < -0.3 is 5.11 Å². The van der Waals surface area contributed by atoms with Gasteiger partial charge in [0.05, 0.1) is 6.10 Å². The Kier molecular flexibility index (Phi) is 3.18. The molecule has 0 aromatic rings. The summed E-state index contributed by atoms with van der Waals surface area (Å²) in [6.07, 6.45) is 9.71. The maximum atomic E-state index is 12.0. The Morgan fingerprint density at radius 2 is 1.86 bits per heavy atom. The lowest BCUT2D eigenvalue weighted by Gasteiger charge is -2.60. The molecule has 0 aromatic carbocycles. The van der Waals surface area contributed by atoms with Gasteiger partial charge in [-0.05, 0) is 86.0 Å². The normalized spacial score (nSPS) is 54.3. The van der Waals surface area contributed by atoms with Crippen LogP contribution in [0, 0.1) is 34.5 Å². The summed E-state index contributed by atoms with van der Waals surface area (Å²) in [6.45, 7) is 6.98. The van der Waals surface area contributed by atoms with Crippen LogP contribution < -0.4 is 0 Å². The summed E-state index contributed by atoms with van der Waals surface area (Å²) >= 11 is 0. The van der Waals surface area contributed by atoms with Gasteiger partial charge in [-0.1, -0.05) is 19.4 Å². The fourth-order valence-electron chi connectivity index (χ4n) is 7.03. The molecule has 7 atom stereocenters. The number of allylic oxidation sites excluding steroid dienone is 2. The third kappa shape index (κ3) is 1.74. The lowest BCUT2D eigenvalue weighted by atomic mass is 9.45. The molecule has 0 aromatic heterocycles. The summed E-state index contributed by atoms with van der Waals surface area (Å²) in [5.74, 6) is 3.08. The molecule has 0 bridgehead atoms. The van der Waals surface area contributed by atoms with E-state index in [0.29, 0.717) is 17.6 Å². The zero-order valence-corrected chi connectivity index (χ0v) is 14.3. The van der Waals surface area contributed by atoms with E-state index in [0.717, 1.165) is 24.7 Å². The zero-order valence-electron chi connectivity index (χ0n) is 14.3. The predicted molar refractivity (Wildman–Crippen MR) is 87.3 cm³/mol. The maximum absolute atomic E-state index is 12.0. The number of hydrogen-bond acceptors (Lipinski definition) is 2. The summed E-state index contributed by atoms with van der Waals surface area (Å²) in [7, 11) is 0. The van der Waals surface area contributed by atoms with Gasteiger partial charge in [0.25, 0.3) is 0 Å². The van der Waals surface area contributed by atoms with Crippen molar-refractivity contribution < 1.29 is 9.90 Å². The molecular weight excluding hydrogens is 272 g/mol. The molecule has 3 saturated carbocycles. The van der Waals surface area contributed by atoms with Gasteiger partial charge in [-0.25, -0.2) is 0 Å². The monoisotopic (exact) mass is 302 g/mol. The van der Waals surface area contributed by atoms with Gasteiger partial charge in [-0.2, -0.15) is 0 Å². The second-order valence-corrected chi connectivity index (χ2v) is 9.07. The number of carbonyl (C=O) groups is 1. The van der Waals surface area contributed by atoms with Crippen molar-refractivity contribution in [2.24, 2.45) is 34.5 Å². The molecule has 1 N–H and O–H groups in total. The fourth-order valence-corrected chi connectivity index (χ4v) is 7.03. The van der Waals surface area contributed by atoms with Crippen LogP contribution in [0.4, 0.5) is 0 Å². The Bertz CT molecular complexity index is 536. The Labute approximate surface area is 134 Å². The Morgan fingerprint density at radius 3 is 2.64 bits per heavy atom. The number of rotatable bonds is 0. The highest BCUT2D eigenvalue weighted by molar-refractivity contribution is 5.91. The number of ketones is 1. The minimum absolute atomic E-state index is 0.0893. The Balaban J connectivity index is 1.72. The van der Waals surface area contributed by atoms with Crippen molar-refractivity contribution in [3.63, 3.8) is 0 Å². The van der Waals surface area contributed by atoms with E-state index in [1.807, 2.05) is 6.08 Å². The van der Waals surface area contributed by atoms with Crippen LogP contribution >= 0.6 is 0 Å². The molecule has 2 nitrogen and oxygen atoms in total. The Morgan fingerprint density at radius 1 is 1.09 bits per heavy atom. The van der Waals surface area contributed by atoms with Gasteiger partial charge in [0, 0.05) is 6.42 Å². The Hall–Kier alpha value is -0.630. The summed E-state index contributed by atoms with van der Waals surface area (Å²) < 4.78 is 0. The second kappa shape index (κ2) is 4.69. The fraction of sp³-hybridized carbons (Fsp3) is 0.850. The third-order valence-corrected chi connectivity index (χ3v) is 8.53. The third-order valence-electron chi connectivity index (χ3n) is 8.53. The molecule has 0 amide bonds. The van der Waals surface area contributed by atoms with Crippen LogP contribution in [0.1, 0.15) is 65.7 Å². The van der Waals surface area contributed by atoms with Crippen molar-refractivity contribution in [2.75, 3.05) is 0 Å². The van der Waals surface area contributed by atoms with E-state index in [-0.39, 0.29) is 16.9 Å². The van der Waals surface area contributed by atoms with Crippen molar-refractivity contribution in [2.45, 2.75) is 71.8 Å². The SMILES string of the molecule is CC1=CC(=O)CC2CCC3C4CCC(O)C4(C)CCC3C12C. The molecule has 3 fully saturated rings. The van der Waals surface area contributed by atoms with E-state index in [9.17, 15) is 9.90 Å². The molecule has 4 aliphatic rings. The van der Waals surface area contributed by atoms with Gasteiger partial charge in [-0.3, -0.25) is 4.79 Å². The van der Waals surface area contributed by atoms with Crippen LogP contribution in [0.15, 0.2) is 11.6 Å². The van der Waals surface area contributed by atoms with Crippen LogP contribution in [-0.2, 0) is 4.79 Å². The van der Waals surface area contributed by atoms with Crippen molar-refractivity contribution in [1.82, 2.24) is 0 Å². The summed E-state index contributed by atoms with van der Waals surface area (Å²) in [5.41, 5.74) is 1.73. The summed E-state index contributed by atoms with van der Waals surface area (Å²) in [4.78, 5) is 12.0. The minimum Gasteiger partial charge on any atom is -0.393 e. The average Bonchev–Trinajstić information content (AvgIpc) is 2.77. The van der Waals surface area contributed by atoms with Crippen molar-refractivity contribution >= 4 is 5.78 Å². The molecule has 4 aliphatic carbocycles. The van der Waals surface area contributed by atoms with Gasteiger partial charge in [0.2, 0.25) is 0 Å². The van der Waals surface area contributed by atoms with E-state index in [2.05, 4.69) is 20.8 Å². The second-order valence-electron chi connectivity index (χ2n) is 9.07. The number of aliphatic hydroxyl groups is 1. The van der Waals surface area contributed by atoms with E-state index >= 15 is 0 Å². The van der Waals surface area contributed by atoms with E-state index in [1.54, 1.807) is 0 Å². The molecule has 0 radical (unpaired) electrons. The largest absolute Gasteiger partial charge is 0.393 e. The smallest absolute Gasteiger partial charge is 0.155 e. The lowest BCUT2D eigenvalue weighted by molar-refractivity contribution is -0.125. The highest BCUT2D eigenvalue weighted by atomic mass is 16.3. The summed E-state index contributed by atoms with van der Waals surface area (Å²) in [6, 6.07) is 0. The topological polar surface area (TPSA) is 37.3 Å². The highest BCUT2D eigenvalue weighted by Crippen LogP contribution is 2.66. The maximum Gasteiger partial charge on any atom is 0.155 e.